The Morgan fingerprint density at radius 2 is 2.00 bits per heavy atom. The molecule has 4 nitrogen and oxygen atoms in total. The number of hydrogen-bond donors (Lipinski definition) is 0. The lowest BCUT2D eigenvalue weighted by Gasteiger charge is -2.24. The Labute approximate surface area is 84.1 Å². The Kier molecular flexibility index (Phi) is 4.48. The summed E-state index contributed by atoms with van der Waals surface area (Å²) in [5.41, 5.74) is -1.63. The topological polar surface area (TPSA) is 55.7 Å². The molecule has 1 unspecified atom stereocenters. The number of rotatable bonds is 1. The van der Waals surface area contributed by atoms with Gasteiger partial charge in [-0.25, -0.2) is 0 Å². The van der Waals surface area contributed by atoms with E-state index < -0.39 is 11.8 Å². The summed E-state index contributed by atoms with van der Waals surface area (Å²) in [4.78, 5) is 20.6. The van der Waals surface area contributed by atoms with Gasteiger partial charge in [-0.1, -0.05) is 12.1 Å². The second-order valence-corrected chi connectivity index (χ2v) is 3.09. The first kappa shape index (κ1) is 13.6. The number of hydrogen-bond acceptors (Lipinski definition) is 4. The Balaban J connectivity index is 0.000000583. The fourth-order valence-electron chi connectivity index (χ4n) is 0.961. The zero-order valence-electron chi connectivity index (χ0n) is 8.22. The highest BCUT2D eigenvalue weighted by Gasteiger charge is 2.56. The third-order valence-corrected chi connectivity index (χ3v) is 1.93. The molecule has 0 aliphatic carbocycles. The molecule has 0 spiro atoms. The van der Waals surface area contributed by atoms with E-state index in [0.29, 0.717) is 12.1 Å². The first-order valence-corrected chi connectivity index (χ1v) is 4.10. The van der Waals surface area contributed by atoms with Gasteiger partial charge in [0.25, 0.3) is 0 Å². The molecule has 1 aliphatic rings. The minimum atomic E-state index is -4.34. The lowest BCUT2D eigenvalue weighted by Crippen LogP contribution is -2.42. The molecule has 0 aromatic rings. The fourth-order valence-corrected chi connectivity index (χ4v) is 0.961. The molecule has 0 aromatic heterocycles. The number of alkyl halides is 3. The number of oxime groups is 1. The van der Waals surface area contributed by atoms with E-state index in [1.165, 1.54) is 0 Å². The van der Waals surface area contributed by atoms with Gasteiger partial charge in [-0.05, 0) is 13.3 Å². The summed E-state index contributed by atoms with van der Waals surface area (Å²) in [5.74, 6) is 0. The maximum Gasteiger partial charge on any atom is 0.431 e. The zero-order valence-corrected chi connectivity index (χ0v) is 8.22. The van der Waals surface area contributed by atoms with E-state index in [2.05, 4.69) is 9.99 Å². The smallest absolute Gasteiger partial charge is 0.379 e. The zero-order chi connectivity index (χ0) is 12.1. The number of nitrogens with zero attached hydrogens (tertiary/aromatic N) is 1. The molecule has 7 heteroatoms. The van der Waals surface area contributed by atoms with Crippen molar-refractivity contribution in [2.45, 2.75) is 38.5 Å². The summed E-state index contributed by atoms with van der Waals surface area (Å²) in [6.45, 7) is 2.77. The van der Waals surface area contributed by atoms with Crippen molar-refractivity contribution >= 4 is 11.9 Å². The van der Waals surface area contributed by atoms with Gasteiger partial charge in [-0.3, -0.25) is 0 Å². The molecule has 0 bridgehead atoms. The lowest BCUT2D eigenvalue weighted by atomic mass is 9.98. The van der Waals surface area contributed by atoms with Crippen LogP contribution in [0.5, 0.6) is 0 Å². The van der Waals surface area contributed by atoms with Crippen molar-refractivity contribution in [3.05, 3.63) is 0 Å². The maximum atomic E-state index is 12.3. The van der Waals surface area contributed by atoms with Gasteiger partial charge >= 0.3 is 12.3 Å². The molecule has 1 atom stereocenters. The van der Waals surface area contributed by atoms with Crippen molar-refractivity contribution in [2.24, 2.45) is 5.16 Å². The molecule has 1 aliphatic heterocycles. The Bertz CT molecular complexity index is 281. The van der Waals surface area contributed by atoms with Crippen molar-refractivity contribution in [1.29, 1.82) is 0 Å². The van der Waals surface area contributed by atoms with E-state index in [1.807, 2.05) is 0 Å². The van der Waals surface area contributed by atoms with Gasteiger partial charge in [0.05, 0.1) is 5.71 Å². The standard InChI is InChI=1S/C7H10F3NO.CO2/c1-3-5-4-6(2,12-11-5)7(8,9)10;2-1-3/h3-4H2,1-2H3;. The predicted octanol–water partition coefficient (Wildman–Crippen LogP) is 1.91. The average Bonchev–Trinajstić information content (AvgIpc) is 2.49. The van der Waals surface area contributed by atoms with Crippen molar-refractivity contribution in [3.63, 3.8) is 0 Å². The van der Waals surface area contributed by atoms with Gasteiger partial charge in [0, 0.05) is 6.42 Å². The molecule has 0 saturated carbocycles. The van der Waals surface area contributed by atoms with Gasteiger partial charge in [0.2, 0.25) is 5.60 Å². The molecule has 15 heavy (non-hydrogen) atoms. The Morgan fingerprint density at radius 1 is 1.53 bits per heavy atom. The summed E-state index contributed by atoms with van der Waals surface area (Å²) in [6, 6.07) is 0. The van der Waals surface area contributed by atoms with Gasteiger partial charge in [-0.2, -0.15) is 22.8 Å². The van der Waals surface area contributed by atoms with Crippen LogP contribution < -0.4 is 0 Å². The van der Waals surface area contributed by atoms with Crippen LogP contribution in [0, 0.1) is 0 Å². The normalized spacial score (nSPS) is 24.5. The minimum absolute atomic E-state index is 0.146. The molecule has 0 saturated heterocycles. The third-order valence-electron chi connectivity index (χ3n) is 1.93. The van der Waals surface area contributed by atoms with E-state index in [-0.39, 0.29) is 12.6 Å². The third kappa shape index (κ3) is 3.36. The van der Waals surface area contributed by atoms with Gasteiger partial charge in [0.15, 0.2) is 0 Å². The average molecular weight is 225 g/mol. The Hall–Kier alpha value is -1.36. The van der Waals surface area contributed by atoms with E-state index in [9.17, 15) is 13.2 Å². The highest BCUT2D eigenvalue weighted by Crippen LogP contribution is 2.39. The lowest BCUT2D eigenvalue weighted by molar-refractivity contribution is -0.261. The van der Waals surface area contributed by atoms with Crippen molar-refractivity contribution in [3.8, 4) is 0 Å². The molecule has 0 amide bonds. The molecule has 1 rings (SSSR count). The van der Waals surface area contributed by atoms with Crippen molar-refractivity contribution < 1.29 is 27.6 Å². The van der Waals surface area contributed by atoms with Gasteiger partial charge in [-0.15, -0.1) is 0 Å². The van der Waals surface area contributed by atoms with E-state index in [0.717, 1.165) is 6.92 Å². The fraction of sp³-hybridized carbons (Fsp3) is 0.750. The van der Waals surface area contributed by atoms with Gasteiger partial charge in [0.1, 0.15) is 0 Å². The Morgan fingerprint density at radius 3 is 2.20 bits per heavy atom. The van der Waals surface area contributed by atoms with E-state index >= 15 is 0 Å². The first-order valence-electron chi connectivity index (χ1n) is 4.10. The highest BCUT2D eigenvalue weighted by atomic mass is 19.4. The van der Waals surface area contributed by atoms with Crippen LogP contribution >= 0.6 is 0 Å². The van der Waals surface area contributed by atoms with Crippen LogP contribution in [0.4, 0.5) is 13.2 Å². The maximum absolute atomic E-state index is 12.3. The second-order valence-electron chi connectivity index (χ2n) is 3.09. The largest absolute Gasteiger partial charge is 0.431 e. The molecular weight excluding hydrogens is 215 g/mol. The van der Waals surface area contributed by atoms with E-state index in [4.69, 9.17) is 9.59 Å². The van der Waals surface area contributed by atoms with Crippen LogP contribution in [0.25, 0.3) is 0 Å². The molecule has 1 heterocycles. The predicted molar refractivity (Wildman–Crippen MR) is 42.9 cm³/mol. The molecular formula is C8H10F3NO3. The molecule has 0 N–H and O–H groups in total. The number of carbonyl (C=O) groups excluding carboxylic acids is 2. The summed E-state index contributed by atoms with van der Waals surface area (Å²) < 4.78 is 36.8. The minimum Gasteiger partial charge on any atom is -0.379 e. The quantitative estimate of drug-likeness (QED) is 0.684. The van der Waals surface area contributed by atoms with Crippen LogP contribution in [-0.4, -0.2) is 23.6 Å². The van der Waals surface area contributed by atoms with Gasteiger partial charge < -0.3 is 4.84 Å². The van der Waals surface area contributed by atoms with Crippen LogP contribution in [0.2, 0.25) is 0 Å². The molecule has 0 fully saturated rings. The molecule has 0 aromatic carbocycles. The van der Waals surface area contributed by atoms with Crippen molar-refractivity contribution in [2.75, 3.05) is 0 Å². The first-order chi connectivity index (χ1) is 6.80. The van der Waals surface area contributed by atoms with E-state index in [1.54, 1.807) is 6.92 Å². The summed E-state index contributed by atoms with van der Waals surface area (Å²) in [6.07, 6.45) is -3.73. The monoisotopic (exact) mass is 225 g/mol. The van der Waals surface area contributed by atoms with Crippen LogP contribution in [0.1, 0.15) is 26.7 Å². The molecule has 86 valence electrons. The summed E-state index contributed by atoms with van der Waals surface area (Å²) in [5, 5.41) is 3.37. The SMILES string of the molecule is CCC1=NOC(C)(C(F)(F)F)C1.O=C=O. The molecule has 0 radical (unpaired) electrons. The summed E-state index contributed by atoms with van der Waals surface area (Å²) in [7, 11) is 0. The van der Waals surface area contributed by atoms with Crippen LogP contribution in [0.3, 0.4) is 0 Å². The van der Waals surface area contributed by atoms with Crippen molar-refractivity contribution in [1.82, 2.24) is 0 Å². The summed E-state index contributed by atoms with van der Waals surface area (Å²) >= 11 is 0. The van der Waals surface area contributed by atoms with Crippen LogP contribution in [0.15, 0.2) is 5.16 Å². The second kappa shape index (κ2) is 4.93. The number of halogens is 3. The van der Waals surface area contributed by atoms with Crippen LogP contribution in [-0.2, 0) is 14.4 Å². The highest BCUT2D eigenvalue weighted by molar-refractivity contribution is 5.85.